The van der Waals surface area contributed by atoms with Gasteiger partial charge < -0.3 is 9.47 Å². The number of ketones is 2. The van der Waals surface area contributed by atoms with Crippen LogP contribution < -0.4 is 9.47 Å². The van der Waals surface area contributed by atoms with Gasteiger partial charge in [0, 0.05) is 25.1 Å². The largest absolute Gasteiger partial charge is 0.495 e. The normalized spacial score (nSPS) is 13.7. The lowest BCUT2D eigenvalue weighted by Gasteiger charge is -2.14. The molecular weight excluding hydrogens is 527 g/mol. The second kappa shape index (κ2) is 10.6. The molecule has 0 atom stereocenters. The van der Waals surface area contributed by atoms with Gasteiger partial charge in [0.1, 0.15) is 11.5 Å². The van der Waals surface area contributed by atoms with Gasteiger partial charge in [-0.3, -0.25) is 19.6 Å². The lowest BCUT2D eigenvalue weighted by molar-refractivity contribution is -0.133. The highest BCUT2D eigenvalue weighted by molar-refractivity contribution is 7.22. The number of thiophene rings is 1. The van der Waals surface area contributed by atoms with E-state index in [1.54, 1.807) is 31.6 Å². The molecule has 0 aliphatic heterocycles. The summed E-state index contributed by atoms with van der Waals surface area (Å²) in [5.74, 6) is 0.382. The molecule has 200 valence electrons. The zero-order chi connectivity index (χ0) is 27.7. The van der Waals surface area contributed by atoms with Gasteiger partial charge in [-0.15, -0.1) is 11.3 Å². The number of Topliss-reactive ketones (excluding diaryl/α,β-unsaturated/α-hetero) is 2. The van der Waals surface area contributed by atoms with Gasteiger partial charge in [-0.25, -0.2) is 4.39 Å². The predicted octanol–water partition coefficient (Wildman–Crippen LogP) is 7.00. The van der Waals surface area contributed by atoms with Crippen molar-refractivity contribution in [3.8, 4) is 27.8 Å². The second-order valence-corrected chi connectivity index (χ2v) is 10.9. The molecule has 0 N–H and O–H groups in total. The number of carbonyl (C=O) groups is 2. The molecule has 8 heteroatoms. The van der Waals surface area contributed by atoms with E-state index in [-0.39, 0.29) is 30.2 Å². The van der Waals surface area contributed by atoms with Gasteiger partial charge in [0.05, 0.1) is 39.5 Å². The zero-order valence-electron chi connectivity index (χ0n) is 21.7. The highest BCUT2D eigenvalue weighted by atomic mass is 32.1. The Hall–Kier alpha value is -4.43. The monoisotopic (exact) mass is 552 g/mol. The fourth-order valence-corrected chi connectivity index (χ4v) is 5.81. The van der Waals surface area contributed by atoms with Crippen LogP contribution in [0.2, 0.25) is 0 Å². The van der Waals surface area contributed by atoms with Crippen LogP contribution in [-0.4, -0.2) is 28.6 Å². The first-order chi connectivity index (χ1) is 19.4. The number of ether oxygens (including phenoxy) is 2. The van der Waals surface area contributed by atoms with Gasteiger partial charge in [0.2, 0.25) is 0 Å². The average Bonchev–Trinajstić information content (AvgIpc) is 3.68. The van der Waals surface area contributed by atoms with E-state index in [9.17, 15) is 9.59 Å². The molecule has 1 saturated carbocycles. The molecule has 6 nitrogen and oxygen atoms in total. The fourth-order valence-electron chi connectivity index (χ4n) is 4.77. The van der Waals surface area contributed by atoms with Crippen molar-refractivity contribution in [1.82, 2.24) is 9.97 Å². The van der Waals surface area contributed by atoms with Gasteiger partial charge in [-0.2, -0.15) is 0 Å². The number of rotatable bonds is 10. The zero-order valence-corrected chi connectivity index (χ0v) is 22.5. The molecule has 40 heavy (non-hydrogen) atoms. The van der Waals surface area contributed by atoms with E-state index in [1.807, 2.05) is 48.5 Å². The van der Waals surface area contributed by atoms with Crippen LogP contribution >= 0.6 is 11.3 Å². The van der Waals surface area contributed by atoms with Crippen molar-refractivity contribution in [3.05, 3.63) is 102 Å². The van der Waals surface area contributed by atoms with E-state index in [0.29, 0.717) is 35.4 Å². The smallest absolute Gasteiger partial charge is 0.166 e. The van der Waals surface area contributed by atoms with E-state index < -0.39 is 11.2 Å². The Labute approximate surface area is 234 Å². The summed E-state index contributed by atoms with van der Waals surface area (Å²) in [5.41, 5.74) is 1.94. The number of pyridine rings is 2. The number of carbonyl (C=O) groups excluding carboxylic acids is 2. The molecule has 6 rings (SSSR count). The van der Waals surface area contributed by atoms with E-state index in [2.05, 4.69) is 9.97 Å². The van der Waals surface area contributed by atoms with Crippen LogP contribution in [0, 0.1) is 11.2 Å². The Morgan fingerprint density at radius 1 is 0.900 bits per heavy atom. The quantitative estimate of drug-likeness (QED) is 0.174. The van der Waals surface area contributed by atoms with Crippen LogP contribution in [0.4, 0.5) is 4.39 Å². The third kappa shape index (κ3) is 5.10. The lowest BCUT2D eigenvalue weighted by atomic mass is 9.88. The predicted molar refractivity (Wildman–Crippen MR) is 151 cm³/mol. The molecule has 0 saturated heterocycles. The lowest BCUT2D eigenvalue weighted by Crippen LogP contribution is -2.28. The van der Waals surface area contributed by atoms with Gasteiger partial charge in [0.25, 0.3) is 0 Å². The minimum absolute atomic E-state index is 0.000375. The number of halogens is 1. The minimum Gasteiger partial charge on any atom is -0.495 e. The standard InChI is InChI=1S/C32H25FN2O4S/c1-38-22-8-9-24(35-19-22)28-18-25-31(40-28)27(11-14-34-25)39-26-10-7-21(15-23(26)33)17-30(37)32(12-13-32)29(36)16-20-5-3-2-4-6-20/h2-11,14-15,18-19H,12-13,16-17H2,1H3. The summed E-state index contributed by atoms with van der Waals surface area (Å²) in [6, 6.07) is 21.2. The van der Waals surface area contributed by atoms with E-state index in [4.69, 9.17) is 9.47 Å². The van der Waals surface area contributed by atoms with Crippen LogP contribution in [0.5, 0.6) is 17.2 Å². The summed E-state index contributed by atoms with van der Waals surface area (Å²) < 4.78 is 27.1. The summed E-state index contributed by atoms with van der Waals surface area (Å²) in [4.78, 5) is 35.8. The van der Waals surface area contributed by atoms with Crippen molar-refractivity contribution < 1.29 is 23.5 Å². The summed E-state index contributed by atoms with van der Waals surface area (Å²) in [6.45, 7) is 0. The van der Waals surface area contributed by atoms with Crippen molar-refractivity contribution in [3.63, 3.8) is 0 Å². The summed E-state index contributed by atoms with van der Waals surface area (Å²) >= 11 is 1.45. The Balaban J connectivity index is 1.17. The number of hydrogen-bond acceptors (Lipinski definition) is 7. The van der Waals surface area contributed by atoms with Crippen LogP contribution in [-0.2, 0) is 22.4 Å². The van der Waals surface area contributed by atoms with Crippen LogP contribution in [0.1, 0.15) is 24.0 Å². The van der Waals surface area contributed by atoms with Crippen LogP contribution in [0.3, 0.4) is 0 Å². The minimum atomic E-state index is -0.945. The fraction of sp³-hybridized carbons (Fsp3) is 0.188. The topological polar surface area (TPSA) is 78.4 Å². The number of nitrogens with zero attached hydrogens (tertiary/aromatic N) is 2. The van der Waals surface area contributed by atoms with Gasteiger partial charge in [-0.05, 0) is 54.3 Å². The molecular formula is C32H25FN2O4S. The highest BCUT2D eigenvalue weighted by Crippen LogP contribution is 2.49. The van der Waals surface area contributed by atoms with Gasteiger partial charge in [0.15, 0.2) is 23.1 Å². The second-order valence-electron chi connectivity index (χ2n) is 9.85. The molecule has 3 aromatic heterocycles. The number of benzene rings is 2. The van der Waals surface area contributed by atoms with E-state index in [0.717, 1.165) is 20.8 Å². The van der Waals surface area contributed by atoms with Crippen molar-refractivity contribution in [2.45, 2.75) is 25.7 Å². The molecule has 1 aliphatic carbocycles. The molecule has 0 spiro atoms. The third-order valence-corrected chi connectivity index (χ3v) is 8.37. The van der Waals surface area contributed by atoms with Crippen molar-refractivity contribution in [1.29, 1.82) is 0 Å². The van der Waals surface area contributed by atoms with Crippen molar-refractivity contribution >= 4 is 33.1 Å². The number of fused-ring (bicyclic) bond motifs is 1. The molecule has 1 fully saturated rings. The molecule has 0 amide bonds. The average molecular weight is 553 g/mol. The maximum Gasteiger partial charge on any atom is 0.166 e. The highest BCUT2D eigenvalue weighted by Gasteiger charge is 2.54. The Kier molecular flexibility index (Phi) is 6.86. The number of aromatic nitrogens is 2. The maximum absolute atomic E-state index is 15.1. The Morgan fingerprint density at radius 2 is 1.68 bits per heavy atom. The van der Waals surface area contributed by atoms with Gasteiger partial charge in [-0.1, -0.05) is 36.4 Å². The summed E-state index contributed by atoms with van der Waals surface area (Å²) in [5, 5.41) is 0. The van der Waals surface area contributed by atoms with Crippen molar-refractivity contribution in [2.24, 2.45) is 5.41 Å². The van der Waals surface area contributed by atoms with E-state index >= 15 is 4.39 Å². The number of methoxy groups -OCH3 is 1. The first kappa shape index (κ1) is 25.8. The molecule has 0 bridgehead atoms. The van der Waals surface area contributed by atoms with E-state index in [1.165, 1.54) is 23.5 Å². The third-order valence-electron chi connectivity index (χ3n) is 7.21. The Bertz CT molecular complexity index is 1710. The first-order valence-electron chi connectivity index (χ1n) is 12.9. The maximum atomic E-state index is 15.1. The molecule has 0 radical (unpaired) electrons. The molecule has 2 aromatic carbocycles. The summed E-state index contributed by atoms with van der Waals surface area (Å²) in [6.07, 6.45) is 4.59. The molecule has 1 aliphatic rings. The van der Waals surface area contributed by atoms with Crippen molar-refractivity contribution in [2.75, 3.05) is 7.11 Å². The first-order valence-corrected chi connectivity index (χ1v) is 13.7. The molecule has 0 unspecified atom stereocenters. The number of hydrogen-bond donors (Lipinski definition) is 0. The molecule has 3 heterocycles. The molecule has 5 aromatic rings. The van der Waals surface area contributed by atoms with Gasteiger partial charge >= 0.3 is 0 Å². The SMILES string of the molecule is COc1ccc(-c2cc3nccc(Oc4ccc(CC(=O)C5(C(=O)Cc6ccccc6)CC5)cc4F)c3s2)nc1. The van der Waals surface area contributed by atoms with Crippen LogP contribution in [0.25, 0.3) is 20.8 Å². The Morgan fingerprint density at radius 3 is 2.35 bits per heavy atom. The van der Waals surface area contributed by atoms with Crippen LogP contribution in [0.15, 0.2) is 85.2 Å². The summed E-state index contributed by atoms with van der Waals surface area (Å²) in [7, 11) is 1.59.